The molecule has 3 rings (SSSR count). The van der Waals surface area contributed by atoms with Crippen LogP contribution in [0.15, 0.2) is 42.9 Å². The third kappa shape index (κ3) is 3.28. The maximum absolute atomic E-state index is 12.5. The Morgan fingerprint density at radius 1 is 1.04 bits per heavy atom. The van der Waals surface area contributed by atoms with Gasteiger partial charge in [0.15, 0.2) is 0 Å². The number of nitrogens with zero attached hydrogens (tertiary/aromatic N) is 4. The Morgan fingerprint density at radius 2 is 1.78 bits per heavy atom. The number of nitrogens with two attached hydrogens (primary N) is 1. The minimum absolute atomic E-state index is 0.0908. The first-order valence-corrected chi connectivity index (χ1v) is 7.35. The number of primary amides is 1. The molecule has 118 valence electrons. The molecule has 1 aliphatic rings. The van der Waals surface area contributed by atoms with Crippen LogP contribution in [0.3, 0.4) is 0 Å². The van der Waals surface area contributed by atoms with Crippen LogP contribution < -0.4 is 10.6 Å². The smallest absolute Gasteiger partial charge is 0.253 e. The van der Waals surface area contributed by atoms with E-state index in [4.69, 9.17) is 5.73 Å². The molecule has 0 radical (unpaired) electrons. The first-order valence-electron chi connectivity index (χ1n) is 7.35. The Labute approximate surface area is 133 Å². The van der Waals surface area contributed by atoms with Crippen LogP contribution in [0.25, 0.3) is 0 Å². The summed E-state index contributed by atoms with van der Waals surface area (Å²) in [6.45, 7) is 2.58. The van der Waals surface area contributed by atoms with E-state index < -0.39 is 5.91 Å². The van der Waals surface area contributed by atoms with Crippen LogP contribution in [-0.2, 0) is 0 Å². The molecule has 23 heavy (non-hydrogen) atoms. The molecule has 2 N–H and O–H groups in total. The molecule has 2 heterocycles. The Morgan fingerprint density at radius 3 is 2.43 bits per heavy atom. The number of rotatable bonds is 3. The van der Waals surface area contributed by atoms with Gasteiger partial charge in [0, 0.05) is 49.7 Å². The lowest BCUT2D eigenvalue weighted by molar-refractivity contribution is 0.0746. The molecule has 1 aromatic heterocycles. The zero-order chi connectivity index (χ0) is 16.2. The van der Waals surface area contributed by atoms with Gasteiger partial charge in [0.1, 0.15) is 5.82 Å². The minimum atomic E-state index is -0.535. The molecule has 2 aromatic rings. The van der Waals surface area contributed by atoms with Gasteiger partial charge in [-0.2, -0.15) is 0 Å². The van der Waals surface area contributed by atoms with Crippen LogP contribution in [0.4, 0.5) is 5.82 Å². The highest BCUT2D eigenvalue weighted by Gasteiger charge is 2.23. The SMILES string of the molecule is NC(=O)c1cccc(C(=O)N2CCN(c3cnccn3)CC2)c1. The van der Waals surface area contributed by atoms with Crippen molar-refractivity contribution in [3.05, 3.63) is 54.0 Å². The van der Waals surface area contributed by atoms with Gasteiger partial charge in [-0.3, -0.25) is 14.6 Å². The third-order valence-corrected chi connectivity index (χ3v) is 3.83. The average molecular weight is 311 g/mol. The van der Waals surface area contributed by atoms with E-state index in [1.165, 1.54) is 0 Å². The van der Waals surface area contributed by atoms with E-state index in [-0.39, 0.29) is 5.91 Å². The van der Waals surface area contributed by atoms with Crippen molar-refractivity contribution in [3.63, 3.8) is 0 Å². The molecule has 1 fully saturated rings. The first-order chi connectivity index (χ1) is 11.1. The maximum atomic E-state index is 12.5. The number of anilines is 1. The van der Waals surface area contributed by atoms with Crippen molar-refractivity contribution in [1.82, 2.24) is 14.9 Å². The van der Waals surface area contributed by atoms with Gasteiger partial charge in [-0.15, -0.1) is 0 Å². The standard InChI is InChI=1S/C16H17N5O2/c17-15(22)12-2-1-3-13(10-12)16(23)21-8-6-20(7-9-21)14-11-18-4-5-19-14/h1-5,10-11H,6-9H2,(H2,17,22). The zero-order valence-electron chi connectivity index (χ0n) is 12.6. The second kappa shape index (κ2) is 6.43. The number of hydrogen-bond acceptors (Lipinski definition) is 5. The topological polar surface area (TPSA) is 92.4 Å². The van der Waals surface area contributed by atoms with Gasteiger partial charge in [0.2, 0.25) is 5.91 Å². The van der Waals surface area contributed by atoms with Crippen molar-refractivity contribution in [1.29, 1.82) is 0 Å². The van der Waals surface area contributed by atoms with Gasteiger partial charge in [-0.05, 0) is 18.2 Å². The first kappa shape index (κ1) is 15.0. The van der Waals surface area contributed by atoms with E-state index in [0.29, 0.717) is 37.3 Å². The molecule has 2 amide bonds. The fourth-order valence-corrected chi connectivity index (χ4v) is 2.58. The number of piperazine rings is 1. The third-order valence-electron chi connectivity index (χ3n) is 3.83. The summed E-state index contributed by atoms with van der Waals surface area (Å²) in [5.41, 5.74) is 6.08. The maximum Gasteiger partial charge on any atom is 0.253 e. The Hall–Kier alpha value is -2.96. The van der Waals surface area contributed by atoms with Crippen LogP contribution in [0.2, 0.25) is 0 Å². The van der Waals surface area contributed by atoms with Crippen LogP contribution in [0.5, 0.6) is 0 Å². The van der Waals surface area contributed by atoms with E-state index in [1.54, 1.807) is 47.8 Å². The largest absolute Gasteiger partial charge is 0.366 e. The lowest BCUT2D eigenvalue weighted by atomic mass is 10.1. The summed E-state index contributed by atoms with van der Waals surface area (Å²) in [6, 6.07) is 6.51. The normalized spacial score (nSPS) is 14.6. The number of carbonyl (C=O) groups is 2. The lowest BCUT2D eigenvalue weighted by Gasteiger charge is -2.35. The molecule has 0 aliphatic carbocycles. The van der Waals surface area contributed by atoms with Crippen LogP contribution in [0, 0.1) is 0 Å². The molecular formula is C16H17N5O2. The molecule has 0 saturated carbocycles. The fraction of sp³-hybridized carbons (Fsp3) is 0.250. The Kier molecular flexibility index (Phi) is 4.18. The lowest BCUT2D eigenvalue weighted by Crippen LogP contribution is -2.49. The number of hydrogen-bond donors (Lipinski definition) is 1. The summed E-state index contributed by atoms with van der Waals surface area (Å²) in [5, 5.41) is 0. The molecule has 0 bridgehead atoms. The molecule has 1 aliphatic heterocycles. The quantitative estimate of drug-likeness (QED) is 0.893. The predicted octanol–water partition coefficient (Wildman–Crippen LogP) is 0.538. The molecule has 0 unspecified atom stereocenters. The number of benzene rings is 1. The summed E-state index contributed by atoms with van der Waals surface area (Å²) in [4.78, 5) is 36.0. The summed E-state index contributed by atoms with van der Waals surface area (Å²) < 4.78 is 0. The summed E-state index contributed by atoms with van der Waals surface area (Å²) in [6.07, 6.45) is 5.00. The van der Waals surface area contributed by atoms with Gasteiger partial charge in [-0.1, -0.05) is 6.07 Å². The predicted molar refractivity (Wildman–Crippen MR) is 85.1 cm³/mol. The van der Waals surface area contributed by atoms with Crippen molar-refractivity contribution in [2.75, 3.05) is 31.1 Å². The van der Waals surface area contributed by atoms with Crippen LogP contribution >= 0.6 is 0 Å². The second-order valence-corrected chi connectivity index (χ2v) is 5.29. The van der Waals surface area contributed by atoms with Crippen molar-refractivity contribution < 1.29 is 9.59 Å². The van der Waals surface area contributed by atoms with Crippen molar-refractivity contribution in [2.45, 2.75) is 0 Å². The average Bonchev–Trinajstić information content (AvgIpc) is 2.62. The number of carbonyl (C=O) groups excluding carboxylic acids is 2. The van der Waals surface area contributed by atoms with Gasteiger partial charge in [0.25, 0.3) is 5.91 Å². The summed E-state index contributed by atoms with van der Waals surface area (Å²) in [5.74, 6) is 0.189. The van der Waals surface area contributed by atoms with Crippen molar-refractivity contribution in [2.24, 2.45) is 5.73 Å². The van der Waals surface area contributed by atoms with Gasteiger partial charge < -0.3 is 15.5 Å². The summed E-state index contributed by atoms with van der Waals surface area (Å²) >= 11 is 0. The Bertz CT molecular complexity index is 711. The Balaban J connectivity index is 1.66. The highest BCUT2D eigenvalue weighted by atomic mass is 16.2. The molecule has 1 saturated heterocycles. The molecule has 7 nitrogen and oxygen atoms in total. The number of aromatic nitrogens is 2. The van der Waals surface area contributed by atoms with E-state index in [0.717, 1.165) is 5.82 Å². The molecule has 1 aromatic carbocycles. The van der Waals surface area contributed by atoms with Gasteiger partial charge in [0.05, 0.1) is 6.20 Å². The molecule has 7 heteroatoms. The van der Waals surface area contributed by atoms with E-state index in [9.17, 15) is 9.59 Å². The van der Waals surface area contributed by atoms with E-state index in [2.05, 4.69) is 14.9 Å². The van der Waals surface area contributed by atoms with Crippen molar-refractivity contribution >= 4 is 17.6 Å². The van der Waals surface area contributed by atoms with Crippen molar-refractivity contribution in [3.8, 4) is 0 Å². The van der Waals surface area contributed by atoms with Crippen LogP contribution in [0.1, 0.15) is 20.7 Å². The zero-order valence-corrected chi connectivity index (χ0v) is 12.6. The van der Waals surface area contributed by atoms with E-state index >= 15 is 0 Å². The highest BCUT2D eigenvalue weighted by Crippen LogP contribution is 2.14. The second-order valence-electron chi connectivity index (χ2n) is 5.29. The molecular weight excluding hydrogens is 294 g/mol. The molecule has 0 atom stereocenters. The molecule has 0 spiro atoms. The number of amides is 2. The highest BCUT2D eigenvalue weighted by molar-refractivity contribution is 5.99. The van der Waals surface area contributed by atoms with Crippen LogP contribution in [-0.4, -0.2) is 52.9 Å². The minimum Gasteiger partial charge on any atom is -0.366 e. The summed E-state index contributed by atoms with van der Waals surface area (Å²) in [7, 11) is 0. The van der Waals surface area contributed by atoms with E-state index in [1.807, 2.05) is 0 Å². The van der Waals surface area contributed by atoms with Gasteiger partial charge in [-0.25, -0.2) is 4.98 Å². The fourth-order valence-electron chi connectivity index (χ4n) is 2.58. The van der Waals surface area contributed by atoms with Gasteiger partial charge >= 0.3 is 0 Å². The monoisotopic (exact) mass is 311 g/mol.